The molecule has 5 nitrogen and oxygen atoms in total. The topological polar surface area (TPSA) is 44.9 Å². The first-order valence-corrected chi connectivity index (χ1v) is 16.2. The summed E-state index contributed by atoms with van der Waals surface area (Å²) in [7, 11) is 0. The number of aryl methyl sites for hydroxylation is 3. The Kier molecular flexibility index (Phi) is 9.75. The molecule has 238 valence electrons. The van der Waals surface area contributed by atoms with Crippen molar-refractivity contribution in [3.05, 3.63) is 132 Å². The van der Waals surface area contributed by atoms with Gasteiger partial charge in [-0.1, -0.05) is 74.2 Å². The van der Waals surface area contributed by atoms with Gasteiger partial charge in [0.2, 0.25) is 0 Å². The molecule has 3 heterocycles. The Morgan fingerprint density at radius 3 is 2.40 bits per heavy atom. The monoisotopic (exact) mass is 797 g/mol. The van der Waals surface area contributed by atoms with Crippen LogP contribution in [0.1, 0.15) is 55.1 Å². The second-order valence-corrected chi connectivity index (χ2v) is 12.1. The van der Waals surface area contributed by atoms with Crippen LogP contribution in [0.5, 0.6) is 11.5 Å². The van der Waals surface area contributed by atoms with E-state index in [2.05, 4.69) is 92.1 Å². The summed E-state index contributed by atoms with van der Waals surface area (Å²) in [5.41, 5.74) is 9.74. The Morgan fingerprint density at radius 1 is 0.766 bits per heavy atom. The molecular weight excluding hydrogens is 760 g/mol. The van der Waals surface area contributed by atoms with E-state index in [1.807, 2.05) is 54.2 Å². The van der Waals surface area contributed by atoms with Crippen molar-refractivity contribution < 1.29 is 25.8 Å². The summed E-state index contributed by atoms with van der Waals surface area (Å²) in [4.78, 5) is 4.76. The molecule has 0 unspecified atom stereocenters. The summed E-state index contributed by atoms with van der Waals surface area (Å²) in [6.45, 7) is 8.50. The van der Waals surface area contributed by atoms with Crippen molar-refractivity contribution in [1.29, 1.82) is 0 Å². The van der Waals surface area contributed by atoms with Gasteiger partial charge < -0.3 is 9.30 Å². The van der Waals surface area contributed by atoms with Crippen molar-refractivity contribution in [3.63, 3.8) is 0 Å². The second-order valence-electron chi connectivity index (χ2n) is 12.1. The van der Waals surface area contributed by atoms with E-state index in [4.69, 9.17) is 14.8 Å². The van der Waals surface area contributed by atoms with Crippen molar-refractivity contribution in [2.45, 2.75) is 59.8 Å². The molecule has 0 aliphatic heterocycles. The van der Waals surface area contributed by atoms with Gasteiger partial charge in [0.15, 0.2) is 0 Å². The summed E-state index contributed by atoms with van der Waals surface area (Å²) in [6.07, 6.45) is 7.97. The van der Waals surface area contributed by atoms with E-state index in [9.17, 15) is 0 Å². The van der Waals surface area contributed by atoms with E-state index in [0.29, 0.717) is 11.5 Å². The molecule has 47 heavy (non-hydrogen) atoms. The third-order valence-corrected chi connectivity index (χ3v) is 8.72. The fraction of sp³-hybridized carbons (Fsp3) is 0.220. The Balaban J connectivity index is 0.00000386. The van der Waals surface area contributed by atoms with Crippen LogP contribution in [0.2, 0.25) is 0 Å². The summed E-state index contributed by atoms with van der Waals surface area (Å²) in [5.74, 6) is 2.10. The van der Waals surface area contributed by atoms with Gasteiger partial charge in [0.25, 0.3) is 0 Å². The van der Waals surface area contributed by atoms with Crippen LogP contribution in [-0.4, -0.2) is 19.3 Å². The summed E-state index contributed by atoms with van der Waals surface area (Å²) in [6, 6.07) is 38.5. The molecule has 0 aliphatic rings. The van der Waals surface area contributed by atoms with Crippen LogP contribution in [0.4, 0.5) is 0 Å². The summed E-state index contributed by atoms with van der Waals surface area (Å²) < 4.78 is 10.6. The number of ether oxygens (including phenoxy) is 1. The molecule has 6 heteroatoms. The predicted octanol–water partition coefficient (Wildman–Crippen LogP) is 10.5. The molecule has 0 radical (unpaired) electrons. The quantitative estimate of drug-likeness (QED) is 0.102. The van der Waals surface area contributed by atoms with Crippen LogP contribution in [-0.2, 0) is 27.5 Å². The molecule has 0 bridgehead atoms. The van der Waals surface area contributed by atoms with E-state index in [-0.39, 0.29) is 21.1 Å². The third-order valence-electron chi connectivity index (χ3n) is 8.72. The van der Waals surface area contributed by atoms with Gasteiger partial charge in [0, 0.05) is 34.5 Å². The van der Waals surface area contributed by atoms with E-state index in [0.717, 1.165) is 62.4 Å². The molecule has 0 N–H and O–H groups in total. The van der Waals surface area contributed by atoms with Crippen LogP contribution >= 0.6 is 0 Å². The van der Waals surface area contributed by atoms with Crippen LogP contribution in [0.25, 0.3) is 44.4 Å². The first-order chi connectivity index (χ1) is 22.5. The van der Waals surface area contributed by atoms with Gasteiger partial charge >= 0.3 is 21.1 Å². The average molecular weight is 798 g/mol. The number of rotatable bonds is 10. The van der Waals surface area contributed by atoms with E-state index >= 15 is 0 Å². The minimum Gasteiger partial charge on any atom is -0.509 e. The predicted molar refractivity (Wildman–Crippen MR) is 187 cm³/mol. The first kappa shape index (κ1) is 32.5. The maximum absolute atomic E-state index is 6.43. The molecule has 0 amide bonds. The van der Waals surface area contributed by atoms with Crippen molar-refractivity contribution in [2.24, 2.45) is 0 Å². The van der Waals surface area contributed by atoms with Gasteiger partial charge in [-0.25, -0.2) is 4.98 Å². The Labute approximate surface area is 291 Å². The minimum absolute atomic E-state index is 0. The standard InChI is InChI=1S/C41H38N4O.Pt/c1-5-6-7-9-13-31-18-21-38-37(25-31)36-20-19-35(27-39(36)44(38)40-24-28(2)22-23-42-40)46-34-17-12-16-33(26-34)45-30(4)41(29(3)43-45)32-14-10-8-11-15-32;/h8,10-12,14-25H,5-7,9,13H2,1-4H3;/q-2;+2. The van der Waals surface area contributed by atoms with Gasteiger partial charge in [-0.2, -0.15) is 17.2 Å². The zero-order valence-corrected chi connectivity index (χ0v) is 29.6. The molecule has 0 saturated heterocycles. The number of nitrogens with zero attached hydrogens (tertiary/aromatic N) is 4. The van der Waals surface area contributed by atoms with Crippen LogP contribution < -0.4 is 4.74 Å². The number of pyridine rings is 1. The van der Waals surface area contributed by atoms with Crippen LogP contribution in [0.15, 0.2) is 97.2 Å². The number of benzene rings is 4. The first-order valence-electron chi connectivity index (χ1n) is 16.2. The smallest absolute Gasteiger partial charge is 0.509 e. The largest absolute Gasteiger partial charge is 2.00 e. The number of unbranched alkanes of at least 4 members (excludes halogenated alkanes) is 3. The summed E-state index contributed by atoms with van der Waals surface area (Å²) in [5, 5.41) is 7.21. The molecule has 0 saturated carbocycles. The Hall–Kier alpha value is -4.47. The molecule has 7 aromatic rings. The van der Waals surface area contributed by atoms with E-state index < -0.39 is 0 Å². The maximum Gasteiger partial charge on any atom is 2.00 e. The van der Waals surface area contributed by atoms with Crippen LogP contribution in [0, 0.1) is 32.9 Å². The van der Waals surface area contributed by atoms with Gasteiger partial charge in [-0.3, -0.25) is 4.68 Å². The van der Waals surface area contributed by atoms with Gasteiger partial charge in [0.1, 0.15) is 5.82 Å². The van der Waals surface area contributed by atoms with Crippen molar-refractivity contribution in [2.75, 3.05) is 0 Å². The third kappa shape index (κ3) is 6.55. The van der Waals surface area contributed by atoms with Crippen molar-refractivity contribution >= 4 is 21.8 Å². The minimum atomic E-state index is 0. The second kappa shape index (κ2) is 14.1. The molecule has 4 aromatic carbocycles. The fourth-order valence-electron chi connectivity index (χ4n) is 6.46. The van der Waals surface area contributed by atoms with Gasteiger partial charge in [-0.15, -0.1) is 35.7 Å². The maximum atomic E-state index is 6.43. The SMILES string of the molecule is CCCCCCc1ccc2c(c1)c1ccc(Oc3[c-]c(-n4nc(C)c(-c5ccccc5)c4C)ccc3)[c-]c1n2-c1cc(C)ccn1.[Pt+2]. The molecular formula is C41H38N4OPt. The molecule has 3 aromatic heterocycles. The normalized spacial score (nSPS) is 11.2. The van der Waals surface area contributed by atoms with Crippen LogP contribution in [0.3, 0.4) is 0 Å². The van der Waals surface area contributed by atoms with Crippen molar-refractivity contribution in [3.8, 4) is 34.1 Å². The number of hydrogen-bond acceptors (Lipinski definition) is 3. The Morgan fingerprint density at radius 2 is 1.60 bits per heavy atom. The van der Waals surface area contributed by atoms with Gasteiger partial charge in [0.05, 0.1) is 5.69 Å². The summed E-state index contributed by atoms with van der Waals surface area (Å²) >= 11 is 0. The molecule has 0 atom stereocenters. The molecule has 0 fully saturated rings. The van der Waals surface area contributed by atoms with E-state index in [1.165, 1.54) is 36.6 Å². The Bertz CT molecular complexity index is 2160. The number of aromatic nitrogens is 4. The molecule has 7 rings (SSSR count). The fourth-order valence-corrected chi connectivity index (χ4v) is 6.46. The number of hydrogen-bond donors (Lipinski definition) is 0. The zero-order valence-electron chi connectivity index (χ0n) is 27.3. The number of fused-ring (bicyclic) bond motifs is 3. The average Bonchev–Trinajstić information content (AvgIpc) is 3.55. The zero-order chi connectivity index (χ0) is 31.6. The molecule has 0 spiro atoms. The van der Waals surface area contributed by atoms with Crippen molar-refractivity contribution in [1.82, 2.24) is 19.3 Å². The molecule has 0 aliphatic carbocycles. The van der Waals surface area contributed by atoms with Gasteiger partial charge in [-0.05, 0) is 79.6 Å². The van der Waals surface area contributed by atoms with E-state index in [1.54, 1.807) is 0 Å².